The number of benzene rings is 3. The fourth-order valence-corrected chi connectivity index (χ4v) is 5.67. The molecule has 2 bridgehead atoms. The smallest absolute Gasteiger partial charge is 0.410 e. The summed E-state index contributed by atoms with van der Waals surface area (Å²) >= 11 is 0. The van der Waals surface area contributed by atoms with Crippen LogP contribution in [-0.4, -0.2) is 48.0 Å². The van der Waals surface area contributed by atoms with E-state index in [4.69, 9.17) is 9.47 Å². The number of rotatable bonds is 4. The van der Waals surface area contributed by atoms with Gasteiger partial charge in [-0.25, -0.2) is 9.18 Å². The highest BCUT2D eigenvalue weighted by molar-refractivity contribution is 5.79. The van der Waals surface area contributed by atoms with Gasteiger partial charge in [0.25, 0.3) is 0 Å². The van der Waals surface area contributed by atoms with E-state index in [0.717, 1.165) is 5.57 Å². The van der Waals surface area contributed by atoms with E-state index < -0.39 is 0 Å². The van der Waals surface area contributed by atoms with Crippen LogP contribution < -0.4 is 0 Å². The quantitative estimate of drug-likeness (QED) is 0.574. The predicted molar refractivity (Wildman–Crippen MR) is 130 cm³/mol. The lowest BCUT2D eigenvalue weighted by molar-refractivity contribution is -0.0331. The van der Waals surface area contributed by atoms with Crippen molar-refractivity contribution in [2.45, 2.75) is 31.0 Å². The summed E-state index contributed by atoms with van der Waals surface area (Å²) < 4.78 is 26.2. The summed E-state index contributed by atoms with van der Waals surface area (Å²) in [7, 11) is 0. The number of hydrogen-bond donors (Lipinski definition) is 1. The summed E-state index contributed by atoms with van der Waals surface area (Å²) in [5, 5.41) is 9.47. The fraction of sp³-hybridized carbons (Fsp3) is 0.276. The van der Waals surface area contributed by atoms with Gasteiger partial charge in [0.2, 0.25) is 0 Å². The number of carbonyl (C=O) groups excluding carboxylic acids is 1. The Morgan fingerprint density at radius 2 is 1.71 bits per heavy atom. The van der Waals surface area contributed by atoms with E-state index in [1.54, 1.807) is 17.0 Å². The van der Waals surface area contributed by atoms with E-state index in [-0.39, 0.29) is 43.1 Å². The minimum absolute atomic E-state index is 0.00588. The van der Waals surface area contributed by atoms with Crippen molar-refractivity contribution in [1.29, 1.82) is 0 Å². The highest BCUT2D eigenvalue weighted by atomic mass is 19.1. The van der Waals surface area contributed by atoms with Crippen LogP contribution in [0.5, 0.6) is 0 Å². The Bertz CT molecular complexity index is 1270. The van der Waals surface area contributed by atoms with Crippen molar-refractivity contribution < 1.29 is 23.8 Å². The van der Waals surface area contributed by atoms with Crippen molar-refractivity contribution in [1.82, 2.24) is 4.90 Å². The first-order valence-electron chi connectivity index (χ1n) is 12.0. The minimum Gasteiger partial charge on any atom is -0.448 e. The first kappa shape index (κ1) is 22.0. The Hall–Kier alpha value is -3.48. The van der Waals surface area contributed by atoms with E-state index in [1.807, 2.05) is 30.3 Å². The molecule has 0 radical (unpaired) electrons. The second kappa shape index (κ2) is 8.95. The Morgan fingerprint density at radius 1 is 1.00 bits per heavy atom. The molecule has 5 nitrogen and oxygen atoms in total. The Kier molecular flexibility index (Phi) is 5.63. The van der Waals surface area contributed by atoms with E-state index >= 15 is 0 Å². The number of ether oxygens (including phenoxy) is 2. The first-order chi connectivity index (χ1) is 17.1. The lowest BCUT2D eigenvalue weighted by Crippen LogP contribution is -2.56. The van der Waals surface area contributed by atoms with Gasteiger partial charge in [0, 0.05) is 11.5 Å². The molecular weight excluding hydrogens is 445 g/mol. The largest absolute Gasteiger partial charge is 0.448 e. The third-order valence-electron chi connectivity index (χ3n) is 7.30. The number of aliphatic hydroxyl groups excluding tert-OH is 1. The summed E-state index contributed by atoms with van der Waals surface area (Å²) in [5.74, 6) is -0.337. The molecule has 0 aromatic heterocycles. The third kappa shape index (κ3) is 3.83. The average Bonchev–Trinajstić information content (AvgIpc) is 3.20. The van der Waals surface area contributed by atoms with Crippen LogP contribution in [0.4, 0.5) is 9.18 Å². The lowest BCUT2D eigenvalue weighted by atomic mass is 9.89. The van der Waals surface area contributed by atoms with Gasteiger partial charge in [0.05, 0.1) is 31.9 Å². The second-order valence-electron chi connectivity index (χ2n) is 9.34. The van der Waals surface area contributed by atoms with Crippen LogP contribution in [0.3, 0.4) is 0 Å². The van der Waals surface area contributed by atoms with Gasteiger partial charge >= 0.3 is 6.09 Å². The van der Waals surface area contributed by atoms with Crippen LogP contribution in [0, 0.1) is 5.82 Å². The van der Waals surface area contributed by atoms with E-state index in [1.165, 1.54) is 28.3 Å². The number of morpholine rings is 1. The molecular formula is C29H26FNO4. The molecule has 2 atom stereocenters. The highest BCUT2D eigenvalue weighted by Gasteiger charge is 2.40. The van der Waals surface area contributed by atoms with Crippen LogP contribution in [0.2, 0.25) is 0 Å². The van der Waals surface area contributed by atoms with Gasteiger partial charge < -0.3 is 14.6 Å². The molecule has 1 fully saturated rings. The summed E-state index contributed by atoms with van der Waals surface area (Å²) in [5.41, 5.74) is 6.68. The second-order valence-corrected chi connectivity index (χ2v) is 9.34. The van der Waals surface area contributed by atoms with Crippen LogP contribution in [-0.2, 0) is 16.1 Å². The van der Waals surface area contributed by atoms with Crippen molar-refractivity contribution in [2.24, 2.45) is 0 Å². The zero-order chi connectivity index (χ0) is 23.9. The van der Waals surface area contributed by atoms with E-state index in [9.17, 15) is 14.3 Å². The van der Waals surface area contributed by atoms with Crippen molar-refractivity contribution in [3.05, 3.63) is 101 Å². The number of amides is 1. The van der Waals surface area contributed by atoms with Crippen molar-refractivity contribution in [2.75, 3.05) is 19.8 Å². The maximum atomic E-state index is 14.6. The molecule has 3 aromatic carbocycles. The molecule has 6 heteroatoms. The molecule has 6 rings (SSSR count). The van der Waals surface area contributed by atoms with Gasteiger partial charge in [0.15, 0.2) is 0 Å². The normalized spacial score (nSPS) is 20.7. The molecule has 1 N–H and O–H groups in total. The average molecular weight is 472 g/mol. The number of nitrogens with zero attached hydrogens (tertiary/aromatic N) is 1. The van der Waals surface area contributed by atoms with Crippen molar-refractivity contribution in [3.63, 3.8) is 0 Å². The van der Waals surface area contributed by atoms with Crippen LogP contribution in [0.25, 0.3) is 16.7 Å². The molecule has 35 heavy (non-hydrogen) atoms. The molecule has 1 saturated heterocycles. The Balaban J connectivity index is 1.23. The van der Waals surface area contributed by atoms with Crippen LogP contribution >= 0.6 is 0 Å². The number of carbonyl (C=O) groups is 1. The maximum Gasteiger partial charge on any atom is 0.410 e. The molecule has 2 heterocycles. The molecule has 3 aromatic rings. The van der Waals surface area contributed by atoms with E-state index in [2.05, 4.69) is 24.3 Å². The van der Waals surface area contributed by atoms with Gasteiger partial charge in [0.1, 0.15) is 12.4 Å². The SMILES string of the molecule is O=C(OCC1c2ccccc2-c2ccccc21)N1C2C=C(c3cc(CO)ccc3F)CC1COC2. The zero-order valence-corrected chi connectivity index (χ0v) is 19.2. The number of fused-ring (bicyclic) bond motifs is 5. The molecule has 178 valence electrons. The van der Waals surface area contributed by atoms with E-state index in [0.29, 0.717) is 30.8 Å². The molecule has 1 amide bonds. The molecule has 0 saturated carbocycles. The van der Waals surface area contributed by atoms with Gasteiger partial charge in [-0.3, -0.25) is 4.90 Å². The van der Waals surface area contributed by atoms with Crippen LogP contribution in [0.15, 0.2) is 72.8 Å². The molecule has 3 aliphatic rings. The maximum absolute atomic E-state index is 14.6. The van der Waals surface area contributed by atoms with Gasteiger partial charge in [-0.2, -0.15) is 0 Å². The summed E-state index contributed by atoms with van der Waals surface area (Å²) in [6.45, 7) is 0.820. The molecule has 2 unspecified atom stereocenters. The highest BCUT2D eigenvalue weighted by Crippen LogP contribution is 2.44. The summed E-state index contributed by atoms with van der Waals surface area (Å²) in [6.07, 6.45) is 1.99. The van der Waals surface area contributed by atoms with Gasteiger partial charge in [-0.1, -0.05) is 60.7 Å². The molecule has 0 spiro atoms. The monoisotopic (exact) mass is 471 g/mol. The minimum atomic E-state index is -0.370. The van der Waals surface area contributed by atoms with Crippen molar-refractivity contribution in [3.8, 4) is 11.1 Å². The number of halogens is 1. The van der Waals surface area contributed by atoms with Crippen molar-refractivity contribution >= 4 is 11.7 Å². The van der Waals surface area contributed by atoms with Gasteiger partial charge in [-0.05, 0) is 51.9 Å². The van der Waals surface area contributed by atoms with Crippen LogP contribution in [0.1, 0.15) is 34.6 Å². The molecule has 1 aliphatic carbocycles. The Labute approximate surface area is 203 Å². The summed E-state index contributed by atoms with van der Waals surface area (Å²) in [6, 6.07) is 20.6. The Morgan fingerprint density at radius 3 is 2.40 bits per heavy atom. The molecule has 2 aliphatic heterocycles. The standard InChI is InChI=1S/C29H26FNO4/c30-28-10-9-18(14-32)11-26(28)19-12-20-15-34-16-21(13-19)31(20)29(33)35-17-27-24-7-3-1-5-22(24)23-6-2-4-8-25(23)27/h1-12,20-21,27,32H,13-17H2. The zero-order valence-electron chi connectivity index (χ0n) is 19.2. The topological polar surface area (TPSA) is 59.0 Å². The summed E-state index contributed by atoms with van der Waals surface area (Å²) in [4.78, 5) is 15.1. The predicted octanol–water partition coefficient (Wildman–Crippen LogP) is 5.12. The third-order valence-corrected chi connectivity index (χ3v) is 7.30. The lowest BCUT2D eigenvalue weighted by Gasteiger charge is -2.44. The van der Waals surface area contributed by atoms with Gasteiger partial charge in [-0.15, -0.1) is 0 Å². The first-order valence-corrected chi connectivity index (χ1v) is 12.0. The number of aliphatic hydroxyl groups is 1. The number of hydrogen-bond acceptors (Lipinski definition) is 4. The fourth-order valence-electron chi connectivity index (χ4n) is 5.67.